The monoisotopic (exact) mass is 340 g/mol. The summed E-state index contributed by atoms with van der Waals surface area (Å²) in [5.41, 5.74) is 2.50. The number of hydrogen-bond donors (Lipinski definition) is 1. The predicted octanol–water partition coefficient (Wildman–Crippen LogP) is 3.11. The number of fused-ring (bicyclic) bond motifs is 1. The largest absolute Gasteiger partial charge is 0.388 e. The second-order valence-corrected chi connectivity index (χ2v) is 6.33. The minimum atomic E-state index is -0.524. The second-order valence-electron chi connectivity index (χ2n) is 5.47. The molecule has 110 valence electrons. The molecule has 2 unspecified atom stereocenters. The first-order valence-electron chi connectivity index (χ1n) is 6.91. The van der Waals surface area contributed by atoms with Crippen LogP contribution in [-0.2, 0) is 14.1 Å². The number of aryl methyl sites for hydroxylation is 2. The molecule has 0 fully saturated rings. The Morgan fingerprint density at radius 1 is 1.25 bits per heavy atom. The number of aliphatic hydroxyl groups excluding tert-OH is 1. The van der Waals surface area contributed by atoms with E-state index in [1.165, 1.54) is 0 Å². The smallest absolute Gasteiger partial charge is 0.328 e. The molecule has 1 aromatic carbocycles. The van der Waals surface area contributed by atoms with Gasteiger partial charge in [0.05, 0.1) is 17.1 Å². The summed E-state index contributed by atoms with van der Waals surface area (Å²) in [6.07, 6.45) is 1.49. The van der Waals surface area contributed by atoms with Crippen molar-refractivity contribution in [3.05, 3.63) is 32.7 Å². The van der Waals surface area contributed by atoms with E-state index in [2.05, 4.69) is 29.8 Å². The minimum Gasteiger partial charge on any atom is -0.388 e. The lowest BCUT2D eigenvalue weighted by Gasteiger charge is -2.20. The molecular weight excluding hydrogens is 320 g/mol. The molecule has 0 aliphatic heterocycles. The topological polar surface area (TPSA) is 47.2 Å². The van der Waals surface area contributed by atoms with Crippen LogP contribution in [0.25, 0.3) is 11.0 Å². The van der Waals surface area contributed by atoms with Crippen LogP contribution in [0.15, 0.2) is 21.4 Å². The van der Waals surface area contributed by atoms with Crippen LogP contribution in [0.4, 0.5) is 0 Å². The van der Waals surface area contributed by atoms with Gasteiger partial charge in [-0.05, 0) is 30.0 Å². The summed E-state index contributed by atoms with van der Waals surface area (Å²) in [5, 5.41) is 10.5. The van der Waals surface area contributed by atoms with Crippen molar-refractivity contribution in [2.24, 2.45) is 20.0 Å². The third-order valence-electron chi connectivity index (χ3n) is 3.99. The third-order valence-corrected chi connectivity index (χ3v) is 4.68. The van der Waals surface area contributed by atoms with Gasteiger partial charge in [0.15, 0.2) is 0 Å². The lowest BCUT2D eigenvalue weighted by Crippen LogP contribution is -2.19. The summed E-state index contributed by atoms with van der Waals surface area (Å²) >= 11 is 3.52. The Morgan fingerprint density at radius 2 is 1.80 bits per heavy atom. The van der Waals surface area contributed by atoms with Crippen molar-refractivity contribution < 1.29 is 5.11 Å². The molecule has 5 heteroatoms. The first-order valence-corrected chi connectivity index (χ1v) is 7.70. The second kappa shape index (κ2) is 5.74. The molecule has 2 aromatic rings. The molecule has 2 atom stereocenters. The first-order chi connectivity index (χ1) is 9.38. The number of aromatic nitrogens is 2. The van der Waals surface area contributed by atoms with Crippen LogP contribution in [-0.4, -0.2) is 14.2 Å². The molecule has 0 saturated carbocycles. The van der Waals surface area contributed by atoms with Crippen LogP contribution in [0.5, 0.6) is 0 Å². The van der Waals surface area contributed by atoms with Crippen molar-refractivity contribution in [3.8, 4) is 0 Å². The molecule has 2 rings (SSSR count). The molecular formula is C15H21BrN2O2. The maximum atomic E-state index is 12.0. The highest BCUT2D eigenvalue weighted by molar-refractivity contribution is 9.10. The standard InChI is InChI=1S/C15H21BrN2O2/c1-5-6-9(2)14(19)10-7-12-13(8-11(10)16)18(4)15(20)17(12)3/h7-9,14,19H,5-6H2,1-4H3. The molecule has 0 amide bonds. The average Bonchev–Trinajstić information content (AvgIpc) is 2.62. The van der Waals surface area contributed by atoms with Crippen LogP contribution < -0.4 is 5.69 Å². The van der Waals surface area contributed by atoms with Gasteiger partial charge in [0.1, 0.15) is 0 Å². The van der Waals surface area contributed by atoms with E-state index in [1.54, 1.807) is 23.2 Å². The normalized spacial score (nSPS) is 14.7. The molecule has 0 spiro atoms. The zero-order valence-electron chi connectivity index (χ0n) is 12.4. The Bertz CT molecular complexity index is 687. The van der Waals surface area contributed by atoms with E-state index in [9.17, 15) is 9.90 Å². The maximum Gasteiger partial charge on any atom is 0.328 e. The van der Waals surface area contributed by atoms with Crippen LogP contribution in [0.3, 0.4) is 0 Å². The van der Waals surface area contributed by atoms with Crippen molar-refractivity contribution in [2.75, 3.05) is 0 Å². The zero-order valence-corrected chi connectivity index (χ0v) is 13.9. The average molecular weight is 341 g/mol. The van der Waals surface area contributed by atoms with Crippen molar-refractivity contribution >= 4 is 27.0 Å². The number of halogens is 1. The summed E-state index contributed by atoms with van der Waals surface area (Å²) in [4.78, 5) is 12.0. The third kappa shape index (κ3) is 2.44. The highest BCUT2D eigenvalue weighted by atomic mass is 79.9. The highest BCUT2D eigenvalue weighted by Crippen LogP contribution is 2.33. The number of aliphatic hydroxyl groups is 1. The Morgan fingerprint density at radius 3 is 2.35 bits per heavy atom. The van der Waals surface area contributed by atoms with Gasteiger partial charge >= 0.3 is 5.69 Å². The fourth-order valence-corrected chi connectivity index (χ4v) is 3.25. The van der Waals surface area contributed by atoms with E-state index in [1.807, 2.05) is 12.1 Å². The van der Waals surface area contributed by atoms with Gasteiger partial charge in [-0.25, -0.2) is 4.79 Å². The van der Waals surface area contributed by atoms with Gasteiger partial charge in [0.25, 0.3) is 0 Å². The molecule has 1 aromatic heterocycles. The molecule has 0 bridgehead atoms. The van der Waals surface area contributed by atoms with Gasteiger partial charge in [0.2, 0.25) is 0 Å². The van der Waals surface area contributed by atoms with E-state index in [0.29, 0.717) is 0 Å². The molecule has 20 heavy (non-hydrogen) atoms. The van der Waals surface area contributed by atoms with Crippen molar-refractivity contribution in [1.82, 2.24) is 9.13 Å². The van der Waals surface area contributed by atoms with Crippen LogP contribution in [0.2, 0.25) is 0 Å². The van der Waals surface area contributed by atoms with Crippen LogP contribution in [0, 0.1) is 5.92 Å². The van der Waals surface area contributed by atoms with Gasteiger partial charge in [-0.3, -0.25) is 9.13 Å². The Kier molecular flexibility index (Phi) is 4.39. The number of nitrogens with zero attached hydrogens (tertiary/aromatic N) is 2. The Balaban J connectivity index is 2.58. The van der Waals surface area contributed by atoms with Gasteiger partial charge in [-0.15, -0.1) is 0 Å². The summed E-state index contributed by atoms with van der Waals surface area (Å²) in [6, 6.07) is 3.82. The Hall–Kier alpha value is -1.07. The summed E-state index contributed by atoms with van der Waals surface area (Å²) in [7, 11) is 3.51. The molecule has 4 nitrogen and oxygen atoms in total. The highest BCUT2D eigenvalue weighted by Gasteiger charge is 2.20. The van der Waals surface area contributed by atoms with Crippen LogP contribution >= 0.6 is 15.9 Å². The zero-order chi connectivity index (χ0) is 15.0. The molecule has 1 heterocycles. The Labute approximate surface area is 127 Å². The summed E-state index contributed by atoms with van der Waals surface area (Å²) in [5.74, 6) is 0.189. The van der Waals surface area contributed by atoms with Crippen molar-refractivity contribution in [3.63, 3.8) is 0 Å². The van der Waals surface area contributed by atoms with E-state index in [-0.39, 0.29) is 11.6 Å². The summed E-state index contributed by atoms with van der Waals surface area (Å²) < 4.78 is 4.08. The van der Waals surface area contributed by atoms with Gasteiger partial charge in [0, 0.05) is 18.6 Å². The minimum absolute atomic E-state index is 0.0554. The molecule has 0 saturated heterocycles. The van der Waals surface area contributed by atoms with E-state index in [4.69, 9.17) is 0 Å². The van der Waals surface area contributed by atoms with E-state index < -0.39 is 6.10 Å². The van der Waals surface area contributed by atoms with E-state index in [0.717, 1.165) is 33.9 Å². The van der Waals surface area contributed by atoms with Crippen molar-refractivity contribution in [1.29, 1.82) is 0 Å². The summed E-state index contributed by atoms with van der Waals surface area (Å²) in [6.45, 7) is 4.16. The molecule has 0 aliphatic rings. The lowest BCUT2D eigenvalue weighted by atomic mass is 9.93. The molecule has 0 radical (unpaired) electrons. The number of benzene rings is 1. The molecule has 0 aliphatic carbocycles. The first kappa shape index (κ1) is 15.3. The molecule has 1 N–H and O–H groups in total. The number of imidazole rings is 1. The van der Waals surface area contributed by atoms with Gasteiger partial charge in [-0.1, -0.05) is 36.2 Å². The number of hydrogen-bond acceptors (Lipinski definition) is 2. The predicted molar refractivity (Wildman–Crippen MR) is 84.9 cm³/mol. The van der Waals surface area contributed by atoms with Crippen molar-refractivity contribution in [2.45, 2.75) is 32.8 Å². The fourth-order valence-electron chi connectivity index (χ4n) is 2.68. The van der Waals surface area contributed by atoms with Gasteiger partial charge in [-0.2, -0.15) is 0 Å². The van der Waals surface area contributed by atoms with Gasteiger partial charge < -0.3 is 5.11 Å². The lowest BCUT2D eigenvalue weighted by molar-refractivity contribution is 0.112. The maximum absolute atomic E-state index is 12.0. The fraction of sp³-hybridized carbons (Fsp3) is 0.533. The SMILES string of the molecule is CCCC(C)C(O)c1cc2c(cc1Br)n(C)c(=O)n2C. The van der Waals surface area contributed by atoms with E-state index >= 15 is 0 Å². The quantitative estimate of drug-likeness (QED) is 0.929. The van der Waals surface area contributed by atoms with Crippen LogP contribution in [0.1, 0.15) is 38.4 Å². The number of rotatable bonds is 4.